The number of nitrogens with zero attached hydrogens (tertiary/aromatic N) is 2. The summed E-state index contributed by atoms with van der Waals surface area (Å²) in [6.45, 7) is -0.0456. The zero-order valence-corrected chi connectivity index (χ0v) is 16.9. The summed E-state index contributed by atoms with van der Waals surface area (Å²) in [6.07, 6.45) is -1.91. The average Bonchev–Trinajstić information content (AvgIpc) is 3.10. The number of aromatic nitrogens is 3. The van der Waals surface area contributed by atoms with Gasteiger partial charge in [0.05, 0.1) is 23.1 Å². The minimum absolute atomic E-state index is 0.00975. The zero-order chi connectivity index (χ0) is 22.6. The highest BCUT2D eigenvalue weighted by molar-refractivity contribution is 7.88. The molecule has 0 unspecified atom stereocenters. The largest absolute Gasteiger partial charge is 0.491 e. The van der Waals surface area contributed by atoms with Gasteiger partial charge >= 0.3 is 11.9 Å². The molecule has 2 aromatic heterocycles. The maximum atomic E-state index is 12.8. The van der Waals surface area contributed by atoms with Gasteiger partial charge in [0.2, 0.25) is 10.0 Å². The first kappa shape index (κ1) is 22.5. The fraction of sp³-hybridized carbons (Fsp3) is 0.278. The third-order valence-corrected chi connectivity index (χ3v) is 4.77. The molecule has 31 heavy (non-hydrogen) atoms. The van der Waals surface area contributed by atoms with E-state index >= 15 is 0 Å². The Morgan fingerprint density at radius 1 is 1.19 bits per heavy atom. The lowest BCUT2D eigenvalue weighted by atomic mass is 10.0. The Balaban J connectivity index is 1.89. The van der Waals surface area contributed by atoms with Crippen LogP contribution in [0.1, 0.15) is 16.8 Å². The molecule has 166 valence electrons. The molecule has 2 heterocycles. The van der Waals surface area contributed by atoms with Crippen molar-refractivity contribution in [3.63, 3.8) is 0 Å². The van der Waals surface area contributed by atoms with E-state index in [0.29, 0.717) is 11.3 Å². The van der Waals surface area contributed by atoms with Crippen LogP contribution in [0.4, 0.5) is 13.2 Å². The minimum Gasteiger partial charge on any atom is -0.491 e. The van der Waals surface area contributed by atoms with Crippen LogP contribution in [0.15, 0.2) is 45.8 Å². The molecule has 2 N–H and O–H groups in total. The number of halogens is 3. The van der Waals surface area contributed by atoms with E-state index in [2.05, 4.69) is 24.4 Å². The molecule has 0 bridgehead atoms. The van der Waals surface area contributed by atoms with Crippen molar-refractivity contribution in [2.75, 3.05) is 19.4 Å². The Bertz CT molecular complexity index is 1200. The summed E-state index contributed by atoms with van der Waals surface area (Å²) in [4.78, 5) is 18.0. The van der Waals surface area contributed by atoms with Crippen molar-refractivity contribution in [2.24, 2.45) is 0 Å². The number of sulfonamides is 1. The van der Waals surface area contributed by atoms with Crippen LogP contribution in [-0.4, -0.2) is 42.9 Å². The Kier molecular flexibility index (Phi) is 6.45. The summed E-state index contributed by atoms with van der Waals surface area (Å²) in [6, 6.07) is 6.06. The highest BCUT2D eigenvalue weighted by Gasteiger charge is 2.30. The van der Waals surface area contributed by atoms with Crippen LogP contribution in [0.3, 0.4) is 0 Å². The van der Waals surface area contributed by atoms with Crippen molar-refractivity contribution in [3.8, 4) is 17.1 Å². The van der Waals surface area contributed by atoms with Crippen LogP contribution in [0.2, 0.25) is 0 Å². The van der Waals surface area contributed by atoms with Gasteiger partial charge in [0.25, 0.3) is 0 Å². The Morgan fingerprint density at radius 2 is 1.90 bits per heavy atom. The second kappa shape index (κ2) is 8.89. The predicted octanol–water partition coefficient (Wildman–Crippen LogP) is 1.96. The molecule has 0 saturated carbocycles. The van der Waals surface area contributed by atoms with Crippen LogP contribution in [0.5, 0.6) is 5.75 Å². The monoisotopic (exact) mass is 458 g/mol. The van der Waals surface area contributed by atoms with E-state index in [1.54, 1.807) is 0 Å². The quantitative estimate of drug-likeness (QED) is 0.494. The summed E-state index contributed by atoms with van der Waals surface area (Å²) in [5.74, 6) is -0.563. The number of aromatic amines is 1. The molecule has 0 atom stereocenters. The Labute approximate surface area is 174 Å². The van der Waals surface area contributed by atoms with Crippen molar-refractivity contribution in [1.29, 1.82) is 0 Å². The first-order chi connectivity index (χ1) is 14.5. The van der Waals surface area contributed by atoms with Crippen LogP contribution in [0, 0.1) is 0 Å². The number of alkyl halides is 3. The van der Waals surface area contributed by atoms with Crippen molar-refractivity contribution < 1.29 is 30.8 Å². The molecular formula is C18H17F3N4O5S. The van der Waals surface area contributed by atoms with Gasteiger partial charge in [-0.05, 0) is 23.8 Å². The molecule has 0 aliphatic rings. The van der Waals surface area contributed by atoms with E-state index in [4.69, 9.17) is 4.74 Å². The van der Waals surface area contributed by atoms with Crippen molar-refractivity contribution in [1.82, 2.24) is 19.8 Å². The minimum atomic E-state index is -4.45. The number of hydrogen-bond donors (Lipinski definition) is 2. The third kappa shape index (κ3) is 6.15. The first-order valence-electron chi connectivity index (χ1n) is 8.81. The van der Waals surface area contributed by atoms with Gasteiger partial charge in [-0.3, -0.25) is 14.5 Å². The van der Waals surface area contributed by atoms with E-state index < -0.39 is 27.5 Å². The lowest BCUT2D eigenvalue weighted by Gasteiger charge is -2.13. The first-order valence-corrected chi connectivity index (χ1v) is 10.7. The fourth-order valence-corrected chi connectivity index (χ4v) is 3.18. The molecule has 13 heteroatoms. The summed E-state index contributed by atoms with van der Waals surface area (Å²) in [7, 11) is -3.40. The van der Waals surface area contributed by atoms with Gasteiger partial charge < -0.3 is 4.74 Å². The van der Waals surface area contributed by atoms with Gasteiger partial charge in [-0.1, -0.05) is 17.3 Å². The standard InChI is InChI=1S/C18H17F3N4O5S/c1-31(27,28)23-8-9-29-14-6-7-22-13(15(14)16-24-17(26)30-25-16)10-11-2-4-12(5-3-11)18(19,20)21/h2-7,23H,8-10H2,1H3,(H,24,25,26). The van der Waals surface area contributed by atoms with Crippen LogP contribution in [-0.2, 0) is 22.6 Å². The summed E-state index contributed by atoms with van der Waals surface area (Å²) in [5.41, 5.74) is 0.384. The topological polar surface area (TPSA) is 127 Å². The second-order valence-corrected chi connectivity index (χ2v) is 8.29. The molecule has 3 aromatic rings. The van der Waals surface area contributed by atoms with E-state index in [1.165, 1.54) is 24.4 Å². The molecule has 0 radical (unpaired) electrons. The van der Waals surface area contributed by atoms with Crippen molar-refractivity contribution in [3.05, 3.63) is 63.9 Å². The SMILES string of the molecule is CS(=O)(=O)NCCOc1ccnc(Cc2ccc(C(F)(F)F)cc2)c1-c1noc(=O)[nH]1. The molecule has 3 rings (SSSR count). The van der Waals surface area contributed by atoms with Crippen LogP contribution < -0.4 is 15.2 Å². The van der Waals surface area contributed by atoms with Gasteiger partial charge in [0.1, 0.15) is 12.4 Å². The Morgan fingerprint density at radius 3 is 2.48 bits per heavy atom. The lowest BCUT2D eigenvalue weighted by molar-refractivity contribution is -0.137. The zero-order valence-electron chi connectivity index (χ0n) is 16.1. The molecule has 1 aromatic carbocycles. The predicted molar refractivity (Wildman–Crippen MR) is 103 cm³/mol. The van der Waals surface area contributed by atoms with Gasteiger partial charge in [0.15, 0.2) is 5.82 Å². The van der Waals surface area contributed by atoms with Gasteiger partial charge in [-0.2, -0.15) is 13.2 Å². The molecule has 0 aliphatic heterocycles. The summed E-state index contributed by atoms with van der Waals surface area (Å²) < 4.78 is 73.1. The highest BCUT2D eigenvalue weighted by Crippen LogP contribution is 2.32. The molecule has 0 spiro atoms. The fourth-order valence-electron chi connectivity index (χ4n) is 2.72. The second-order valence-electron chi connectivity index (χ2n) is 6.46. The number of pyridine rings is 1. The van der Waals surface area contributed by atoms with Crippen LogP contribution >= 0.6 is 0 Å². The summed E-state index contributed by atoms with van der Waals surface area (Å²) in [5, 5.41) is 3.64. The smallest absolute Gasteiger partial charge is 0.439 e. The van der Waals surface area contributed by atoms with E-state index in [0.717, 1.165) is 18.4 Å². The molecule has 0 aliphatic carbocycles. The number of nitrogens with one attached hydrogen (secondary N) is 2. The molecule has 9 nitrogen and oxygen atoms in total. The molecular weight excluding hydrogens is 441 g/mol. The van der Waals surface area contributed by atoms with Crippen molar-refractivity contribution in [2.45, 2.75) is 12.6 Å². The van der Waals surface area contributed by atoms with Gasteiger partial charge in [-0.15, -0.1) is 0 Å². The number of H-pyrrole nitrogens is 1. The maximum absolute atomic E-state index is 12.8. The average molecular weight is 458 g/mol. The molecule has 0 saturated heterocycles. The van der Waals surface area contributed by atoms with Crippen LogP contribution in [0.25, 0.3) is 11.4 Å². The number of ether oxygens (including phenoxy) is 1. The Hall–Kier alpha value is -3.19. The maximum Gasteiger partial charge on any atom is 0.439 e. The lowest BCUT2D eigenvalue weighted by Crippen LogP contribution is -2.27. The van der Waals surface area contributed by atoms with E-state index in [1.807, 2.05) is 0 Å². The molecule has 0 amide bonds. The summed E-state index contributed by atoms with van der Waals surface area (Å²) >= 11 is 0. The van der Waals surface area contributed by atoms with Gasteiger partial charge in [0, 0.05) is 19.2 Å². The number of benzene rings is 1. The normalized spacial score (nSPS) is 12.1. The van der Waals surface area contributed by atoms with E-state index in [-0.39, 0.29) is 36.7 Å². The highest BCUT2D eigenvalue weighted by atomic mass is 32.2. The number of hydrogen-bond acceptors (Lipinski definition) is 7. The van der Waals surface area contributed by atoms with Crippen molar-refractivity contribution >= 4 is 10.0 Å². The number of rotatable bonds is 8. The van der Waals surface area contributed by atoms with Gasteiger partial charge in [-0.25, -0.2) is 17.9 Å². The third-order valence-electron chi connectivity index (χ3n) is 4.05. The molecule has 0 fully saturated rings. The van der Waals surface area contributed by atoms with E-state index in [9.17, 15) is 26.4 Å².